The average molecular weight is 898 g/mol. The van der Waals surface area contributed by atoms with Gasteiger partial charge >= 0.3 is 0 Å². The van der Waals surface area contributed by atoms with Crippen molar-refractivity contribution in [2.24, 2.45) is 0 Å². The molecule has 0 atom stereocenters. The van der Waals surface area contributed by atoms with E-state index in [1.165, 1.54) is 66.8 Å². The van der Waals surface area contributed by atoms with Crippen molar-refractivity contribution < 1.29 is 0 Å². The molecule has 11 rings (SSSR count). The first-order valence-electron chi connectivity index (χ1n) is 24.2. The Morgan fingerprint density at radius 1 is 0.200 bits per heavy atom. The molecule has 0 saturated carbocycles. The minimum absolute atomic E-state index is 0.924. The first kappa shape index (κ1) is 43.8. The molecule has 0 amide bonds. The summed E-state index contributed by atoms with van der Waals surface area (Å²) in [5, 5.41) is 0. The number of hydrogen-bond donors (Lipinski definition) is 0. The minimum atomic E-state index is 0.924. The summed E-state index contributed by atoms with van der Waals surface area (Å²) in [4.78, 5) is 13.9. The fourth-order valence-corrected chi connectivity index (χ4v) is 9.59. The highest BCUT2D eigenvalue weighted by Crippen LogP contribution is 2.42. The topological polar surface area (TPSA) is 38.7 Å². The van der Waals surface area contributed by atoms with Crippen LogP contribution in [0.1, 0.15) is 22.3 Å². The molecule has 334 valence electrons. The number of benzene rings is 8. The number of nitrogens with zero attached hydrogens (tertiary/aromatic N) is 3. The zero-order valence-corrected chi connectivity index (χ0v) is 39.0. The predicted octanol–water partition coefficient (Wildman–Crippen LogP) is 16.8. The second-order valence-electron chi connectivity index (χ2n) is 17.9. The molecule has 0 aliphatic carbocycles. The van der Waals surface area contributed by atoms with Crippen LogP contribution in [0.15, 0.2) is 261 Å². The summed E-state index contributed by atoms with van der Waals surface area (Å²) in [6, 6.07) is 87.6. The van der Waals surface area contributed by atoms with E-state index in [9.17, 15) is 0 Å². The summed E-state index contributed by atoms with van der Waals surface area (Å²) < 4.78 is 0. The van der Waals surface area contributed by atoms with Gasteiger partial charge in [-0.25, -0.2) is 0 Å². The third-order valence-corrected chi connectivity index (χ3v) is 13.3. The highest BCUT2D eigenvalue weighted by molar-refractivity contribution is 5.94. The fraction of sp³-hybridized carbons (Fsp3) is 0.0597. The number of pyridine rings is 3. The highest BCUT2D eigenvalue weighted by atomic mass is 14.7. The van der Waals surface area contributed by atoms with Crippen LogP contribution >= 0.6 is 0 Å². The van der Waals surface area contributed by atoms with Crippen LogP contribution in [0, 0.1) is 0 Å². The van der Waals surface area contributed by atoms with Crippen molar-refractivity contribution in [3.05, 3.63) is 283 Å². The molecular weight excluding hydrogens is 847 g/mol. The average Bonchev–Trinajstić information content (AvgIpc) is 3.45. The third-order valence-electron chi connectivity index (χ3n) is 13.3. The van der Waals surface area contributed by atoms with Gasteiger partial charge in [-0.15, -0.1) is 0 Å². The smallest absolute Gasteiger partial charge is 0.0702 e. The lowest BCUT2D eigenvalue weighted by Gasteiger charge is -2.18. The zero-order chi connectivity index (χ0) is 46.9. The first-order valence-corrected chi connectivity index (χ1v) is 24.2. The van der Waals surface area contributed by atoms with Gasteiger partial charge in [-0.1, -0.05) is 188 Å². The molecule has 0 fully saturated rings. The van der Waals surface area contributed by atoms with Gasteiger partial charge in [0.2, 0.25) is 0 Å². The Hall–Kier alpha value is -8.79. The standard InChI is InChI=1S/C67H51N3/c1-2-14-52(15-3-1)55-16-12-17-56(45-55)57-18-13-19-58(46-57)64-47-59(67-24-8-11-41-70-67)37-38-63(64)62-21-5-4-20-61(62)60-43-50(27-25-48-29-33-53(34-30-48)65-22-6-9-39-68-65)42-51(44-60)28-26-49-31-35-54(36-32-49)66-23-7-10-40-69-66/h1-24,29-47H,25-28H2. The second kappa shape index (κ2) is 20.6. The van der Waals surface area contributed by atoms with Crippen molar-refractivity contribution in [2.75, 3.05) is 0 Å². The van der Waals surface area contributed by atoms with Crippen molar-refractivity contribution in [2.45, 2.75) is 25.7 Å². The summed E-state index contributed by atoms with van der Waals surface area (Å²) in [7, 11) is 0. The molecule has 70 heavy (non-hydrogen) atoms. The zero-order valence-electron chi connectivity index (χ0n) is 39.0. The number of rotatable bonds is 14. The number of aromatic nitrogens is 3. The molecule has 3 aromatic heterocycles. The summed E-state index contributed by atoms with van der Waals surface area (Å²) in [6.07, 6.45) is 9.30. The molecule has 0 spiro atoms. The lowest BCUT2D eigenvalue weighted by Crippen LogP contribution is -1.98. The Morgan fingerprint density at radius 3 is 1.16 bits per heavy atom. The van der Waals surface area contributed by atoms with Crippen LogP contribution in [0.25, 0.3) is 89.4 Å². The summed E-state index contributed by atoms with van der Waals surface area (Å²) >= 11 is 0. The van der Waals surface area contributed by atoms with Gasteiger partial charge in [-0.3, -0.25) is 15.0 Å². The normalized spacial score (nSPS) is 11.1. The van der Waals surface area contributed by atoms with Crippen molar-refractivity contribution in [3.8, 4) is 89.4 Å². The lowest BCUT2D eigenvalue weighted by molar-refractivity contribution is 0.931. The summed E-state index contributed by atoms with van der Waals surface area (Å²) in [5.41, 5.74) is 23.5. The molecule has 0 N–H and O–H groups in total. The van der Waals surface area contributed by atoms with E-state index in [1.807, 2.05) is 48.9 Å². The van der Waals surface area contributed by atoms with Crippen molar-refractivity contribution >= 4 is 0 Å². The van der Waals surface area contributed by atoms with Crippen LogP contribution in [0.3, 0.4) is 0 Å². The molecule has 3 nitrogen and oxygen atoms in total. The van der Waals surface area contributed by atoms with Gasteiger partial charge in [-0.2, -0.15) is 0 Å². The molecular formula is C67H51N3. The van der Waals surface area contributed by atoms with Gasteiger partial charge in [0.05, 0.1) is 17.1 Å². The SMILES string of the molecule is c1ccc(-c2cccc(-c3cccc(-c4cc(-c5ccccn5)ccc4-c4ccccc4-c4cc(CCc5ccc(-c6ccccn6)cc5)cc(CCc5ccc(-c6ccccn6)cc5)c4)c3)c2)cc1. The van der Waals surface area contributed by atoms with Crippen molar-refractivity contribution in [3.63, 3.8) is 0 Å². The molecule has 3 heteroatoms. The van der Waals surface area contributed by atoms with Gasteiger partial charge in [0, 0.05) is 35.3 Å². The fourth-order valence-electron chi connectivity index (χ4n) is 9.59. The van der Waals surface area contributed by atoms with E-state index in [0.717, 1.165) is 70.6 Å². The van der Waals surface area contributed by atoms with Gasteiger partial charge in [-0.05, 0) is 158 Å². The third kappa shape index (κ3) is 10.1. The molecule has 0 saturated heterocycles. The summed E-state index contributed by atoms with van der Waals surface area (Å²) in [5.74, 6) is 0. The lowest BCUT2D eigenvalue weighted by atomic mass is 9.86. The van der Waals surface area contributed by atoms with E-state index in [2.05, 4.69) is 222 Å². The van der Waals surface area contributed by atoms with E-state index in [0.29, 0.717) is 0 Å². The van der Waals surface area contributed by atoms with Gasteiger partial charge < -0.3 is 0 Å². The molecule has 3 heterocycles. The number of hydrogen-bond acceptors (Lipinski definition) is 3. The largest absolute Gasteiger partial charge is 0.256 e. The number of aryl methyl sites for hydroxylation is 4. The maximum absolute atomic E-state index is 4.78. The van der Waals surface area contributed by atoms with E-state index in [-0.39, 0.29) is 0 Å². The Bertz CT molecular complexity index is 3390. The van der Waals surface area contributed by atoms with Crippen LogP contribution < -0.4 is 0 Å². The van der Waals surface area contributed by atoms with Crippen molar-refractivity contribution in [1.29, 1.82) is 0 Å². The quantitative estimate of drug-likeness (QED) is 0.109. The molecule has 11 aromatic rings. The van der Waals surface area contributed by atoms with Crippen LogP contribution in [0.5, 0.6) is 0 Å². The van der Waals surface area contributed by atoms with E-state index < -0.39 is 0 Å². The Kier molecular flexibility index (Phi) is 12.9. The van der Waals surface area contributed by atoms with Gasteiger partial charge in [0.15, 0.2) is 0 Å². The Labute approximate surface area is 411 Å². The highest BCUT2D eigenvalue weighted by Gasteiger charge is 2.17. The van der Waals surface area contributed by atoms with Crippen LogP contribution in [-0.2, 0) is 25.7 Å². The Morgan fingerprint density at radius 2 is 0.614 bits per heavy atom. The molecule has 8 aromatic carbocycles. The molecule has 0 aliphatic heterocycles. The van der Waals surface area contributed by atoms with E-state index in [4.69, 9.17) is 4.98 Å². The van der Waals surface area contributed by atoms with Crippen LogP contribution in [-0.4, -0.2) is 15.0 Å². The predicted molar refractivity (Wildman–Crippen MR) is 291 cm³/mol. The molecule has 0 aliphatic rings. The minimum Gasteiger partial charge on any atom is -0.256 e. The Balaban J connectivity index is 0.968. The maximum atomic E-state index is 4.78. The molecule has 0 radical (unpaired) electrons. The van der Waals surface area contributed by atoms with Gasteiger partial charge in [0.1, 0.15) is 0 Å². The monoisotopic (exact) mass is 897 g/mol. The maximum Gasteiger partial charge on any atom is 0.0702 e. The van der Waals surface area contributed by atoms with Gasteiger partial charge in [0.25, 0.3) is 0 Å². The molecule has 0 unspecified atom stereocenters. The first-order chi connectivity index (χ1) is 34.7. The van der Waals surface area contributed by atoms with E-state index in [1.54, 1.807) is 0 Å². The summed E-state index contributed by atoms with van der Waals surface area (Å²) in [6.45, 7) is 0. The second-order valence-corrected chi connectivity index (χ2v) is 17.9. The van der Waals surface area contributed by atoms with Crippen LogP contribution in [0.2, 0.25) is 0 Å². The van der Waals surface area contributed by atoms with E-state index >= 15 is 0 Å². The van der Waals surface area contributed by atoms with Crippen LogP contribution in [0.4, 0.5) is 0 Å². The van der Waals surface area contributed by atoms with Crippen molar-refractivity contribution in [1.82, 2.24) is 15.0 Å². The molecule has 0 bridgehead atoms.